The number of ether oxygens (including phenoxy) is 2. The van der Waals surface area contributed by atoms with Gasteiger partial charge in [-0.15, -0.1) is 0 Å². The van der Waals surface area contributed by atoms with E-state index in [1.54, 1.807) is 32.4 Å². The van der Waals surface area contributed by atoms with Gasteiger partial charge in [-0.2, -0.15) is 0 Å². The maximum atomic E-state index is 12.2. The van der Waals surface area contributed by atoms with Crippen molar-refractivity contribution < 1.29 is 19.1 Å². The third-order valence-corrected chi connectivity index (χ3v) is 4.41. The molecule has 0 aromatic heterocycles. The molecule has 0 heterocycles. The Hall–Kier alpha value is -2.50. The van der Waals surface area contributed by atoms with Crippen molar-refractivity contribution in [2.75, 3.05) is 20.8 Å². The van der Waals surface area contributed by atoms with Gasteiger partial charge in [0.2, 0.25) is 0 Å². The number of hydrogen-bond acceptors (Lipinski definition) is 4. The summed E-state index contributed by atoms with van der Waals surface area (Å²) in [5.41, 5.74) is 1.37. The average Bonchev–Trinajstić information content (AvgIpc) is 2.66. The molecule has 2 rings (SSSR count). The zero-order valence-corrected chi connectivity index (χ0v) is 16.5. The molecule has 142 valence electrons. The molecule has 2 aromatic carbocycles. The van der Waals surface area contributed by atoms with Crippen molar-refractivity contribution >= 4 is 41.2 Å². The third kappa shape index (κ3) is 6.01. The summed E-state index contributed by atoms with van der Waals surface area (Å²) in [6, 6.07) is 12.4. The number of para-hydroxylation sites is 1. The van der Waals surface area contributed by atoms with Crippen molar-refractivity contribution in [1.29, 1.82) is 0 Å². The Kier molecular flexibility index (Phi) is 7.70. The van der Waals surface area contributed by atoms with Crippen molar-refractivity contribution in [3.8, 4) is 5.75 Å². The molecule has 0 fully saturated rings. The number of nitrogens with zero attached hydrogens (tertiary/aromatic N) is 1. The highest BCUT2D eigenvalue weighted by Crippen LogP contribution is 2.25. The van der Waals surface area contributed by atoms with E-state index in [-0.39, 0.29) is 12.5 Å². The van der Waals surface area contributed by atoms with Crippen LogP contribution in [0.4, 0.5) is 0 Å². The molecular formula is C20H19Cl2NO4. The molecule has 7 heteroatoms. The van der Waals surface area contributed by atoms with Crippen LogP contribution >= 0.6 is 23.2 Å². The van der Waals surface area contributed by atoms with E-state index in [0.717, 1.165) is 5.56 Å². The molecular weight excluding hydrogens is 389 g/mol. The lowest BCUT2D eigenvalue weighted by Crippen LogP contribution is -2.30. The molecule has 0 unspecified atom stereocenters. The fourth-order valence-electron chi connectivity index (χ4n) is 2.29. The number of carbonyl (C=O) groups excluding carboxylic acids is 2. The van der Waals surface area contributed by atoms with E-state index in [4.69, 9.17) is 32.7 Å². The highest BCUT2D eigenvalue weighted by molar-refractivity contribution is 6.37. The van der Waals surface area contributed by atoms with Crippen LogP contribution in [0.25, 0.3) is 6.08 Å². The fraction of sp³-hybridized carbons (Fsp3) is 0.200. The van der Waals surface area contributed by atoms with Gasteiger partial charge in [0.25, 0.3) is 5.91 Å². The summed E-state index contributed by atoms with van der Waals surface area (Å²) in [6.07, 6.45) is 2.64. The van der Waals surface area contributed by atoms with Crippen LogP contribution < -0.4 is 4.74 Å². The molecule has 0 aliphatic rings. The molecule has 2 aromatic rings. The Morgan fingerprint density at radius 2 is 1.74 bits per heavy atom. The molecule has 0 N–H and O–H groups in total. The minimum atomic E-state index is -0.662. The largest absolute Gasteiger partial charge is 0.496 e. The number of amides is 1. The first kappa shape index (κ1) is 20.8. The predicted molar refractivity (Wildman–Crippen MR) is 106 cm³/mol. The SMILES string of the molecule is COc1ccccc1CN(C)C(=O)COC(=O)/C=C/c1c(Cl)cccc1Cl. The first-order valence-corrected chi connectivity index (χ1v) is 8.82. The molecule has 1 amide bonds. The number of methoxy groups -OCH3 is 1. The minimum absolute atomic E-state index is 0.335. The monoisotopic (exact) mass is 407 g/mol. The van der Waals surface area contributed by atoms with Gasteiger partial charge < -0.3 is 14.4 Å². The summed E-state index contributed by atoms with van der Waals surface area (Å²) in [5, 5.41) is 0.832. The van der Waals surface area contributed by atoms with Crippen molar-refractivity contribution in [3.63, 3.8) is 0 Å². The summed E-state index contributed by atoms with van der Waals surface area (Å²) >= 11 is 12.0. The number of hydrogen-bond donors (Lipinski definition) is 0. The number of carbonyl (C=O) groups is 2. The van der Waals surface area contributed by atoms with Crippen molar-refractivity contribution in [3.05, 3.63) is 69.7 Å². The van der Waals surface area contributed by atoms with E-state index in [2.05, 4.69) is 0 Å². The lowest BCUT2D eigenvalue weighted by atomic mass is 10.2. The van der Waals surface area contributed by atoms with E-state index in [0.29, 0.717) is 27.9 Å². The second-order valence-corrected chi connectivity index (χ2v) is 6.45. The van der Waals surface area contributed by atoms with Crippen LogP contribution in [0.5, 0.6) is 5.75 Å². The van der Waals surface area contributed by atoms with E-state index in [9.17, 15) is 9.59 Å². The van der Waals surface area contributed by atoms with E-state index in [1.165, 1.54) is 17.1 Å². The molecule has 27 heavy (non-hydrogen) atoms. The Morgan fingerprint density at radius 1 is 1.07 bits per heavy atom. The van der Waals surface area contributed by atoms with Gasteiger partial charge in [-0.3, -0.25) is 4.79 Å². The topological polar surface area (TPSA) is 55.8 Å². The summed E-state index contributed by atoms with van der Waals surface area (Å²) in [4.78, 5) is 25.5. The summed E-state index contributed by atoms with van der Waals surface area (Å²) in [5.74, 6) is -0.308. The quantitative estimate of drug-likeness (QED) is 0.509. The third-order valence-electron chi connectivity index (χ3n) is 3.75. The van der Waals surface area contributed by atoms with Gasteiger partial charge in [0.15, 0.2) is 6.61 Å². The fourth-order valence-corrected chi connectivity index (χ4v) is 2.81. The lowest BCUT2D eigenvalue weighted by Gasteiger charge is -2.18. The highest BCUT2D eigenvalue weighted by Gasteiger charge is 2.13. The molecule has 0 saturated carbocycles. The molecule has 0 radical (unpaired) electrons. The zero-order valence-electron chi connectivity index (χ0n) is 14.9. The first-order chi connectivity index (χ1) is 12.9. The van der Waals surface area contributed by atoms with Gasteiger partial charge in [0.05, 0.1) is 7.11 Å². The molecule has 0 aliphatic heterocycles. The summed E-state index contributed by atoms with van der Waals surface area (Å²) in [6.45, 7) is -0.0312. The van der Waals surface area contributed by atoms with Gasteiger partial charge in [0.1, 0.15) is 5.75 Å². The lowest BCUT2D eigenvalue weighted by molar-refractivity contribution is -0.147. The molecule has 0 saturated heterocycles. The van der Waals surface area contributed by atoms with Crippen molar-refractivity contribution in [1.82, 2.24) is 4.90 Å². The van der Waals surface area contributed by atoms with Crippen LogP contribution in [-0.4, -0.2) is 37.5 Å². The Morgan fingerprint density at radius 3 is 2.41 bits per heavy atom. The minimum Gasteiger partial charge on any atom is -0.496 e. The number of rotatable bonds is 7. The van der Waals surface area contributed by atoms with E-state index in [1.807, 2.05) is 24.3 Å². The van der Waals surface area contributed by atoms with Crippen molar-refractivity contribution in [2.24, 2.45) is 0 Å². The van der Waals surface area contributed by atoms with E-state index < -0.39 is 5.97 Å². The van der Waals surface area contributed by atoms with Gasteiger partial charge in [-0.25, -0.2) is 4.79 Å². The standard InChI is InChI=1S/C20H19Cl2NO4/c1-23(12-14-6-3-4-9-18(14)26-2)19(24)13-27-20(25)11-10-15-16(21)7-5-8-17(15)22/h3-11H,12-13H2,1-2H3/b11-10+. The summed E-state index contributed by atoms with van der Waals surface area (Å²) < 4.78 is 10.2. The van der Waals surface area contributed by atoms with Crippen LogP contribution in [0.1, 0.15) is 11.1 Å². The van der Waals surface area contributed by atoms with E-state index >= 15 is 0 Å². The number of likely N-dealkylation sites (N-methyl/N-ethyl adjacent to an activating group) is 1. The first-order valence-electron chi connectivity index (χ1n) is 8.07. The normalized spacial score (nSPS) is 10.7. The van der Waals surface area contributed by atoms with Crippen LogP contribution in [0.3, 0.4) is 0 Å². The molecule has 5 nitrogen and oxygen atoms in total. The molecule has 0 atom stereocenters. The van der Waals surface area contributed by atoms with Crippen LogP contribution in [0.15, 0.2) is 48.5 Å². The number of halogens is 2. The Labute approximate surface area is 168 Å². The summed E-state index contributed by atoms with van der Waals surface area (Å²) in [7, 11) is 3.20. The maximum absolute atomic E-state index is 12.2. The molecule has 0 bridgehead atoms. The molecule has 0 aliphatic carbocycles. The maximum Gasteiger partial charge on any atom is 0.331 e. The zero-order chi connectivity index (χ0) is 19.8. The average molecular weight is 408 g/mol. The second-order valence-electron chi connectivity index (χ2n) is 5.64. The Bertz CT molecular complexity index is 831. The Balaban J connectivity index is 1.89. The smallest absolute Gasteiger partial charge is 0.331 e. The molecule has 0 spiro atoms. The number of benzene rings is 2. The van der Waals surface area contributed by atoms with Crippen molar-refractivity contribution in [2.45, 2.75) is 6.54 Å². The predicted octanol–water partition coefficient (Wildman–Crippen LogP) is 4.22. The van der Waals surface area contributed by atoms with Gasteiger partial charge in [-0.05, 0) is 24.3 Å². The highest BCUT2D eigenvalue weighted by atomic mass is 35.5. The van der Waals surface area contributed by atoms with Gasteiger partial charge >= 0.3 is 5.97 Å². The van der Waals surface area contributed by atoms with Crippen LogP contribution in [-0.2, 0) is 20.9 Å². The van der Waals surface area contributed by atoms with Gasteiger partial charge in [0, 0.05) is 40.8 Å². The second kappa shape index (κ2) is 10.00. The number of esters is 1. The van der Waals surface area contributed by atoms with Gasteiger partial charge in [-0.1, -0.05) is 47.5 Å². The van der Waals surface area contributed by atoms with Crippen LogP contribution in [0.2, 0.25) is 10.0 Å². The van der Waals surface area contributed by atoms with Crippen LogP contribution in [0, 0.1) is 0 Å².